The molecule has 0 radical (unpaired) electrons. The maximum Gasteiger partial charge on any atom is 0.227 e. The van der Waals surface area contributed by atoms with Gasteiger partial charge in [-0.3, -0.25) is 4.79 Å². The smallest absolute Gasteiger partial charge is 0.227 e. The molecule has 1 N–H and O–H groups in total. The fourth-order valence-corrected chi connectivity index (χ4v) is 4.46. The van der Waals surface area contributed by atoms with Gasteiger partial charge in [0.25, 0.3) is 0 Å². The minimum Gasteiger partial charge on any atom is -0.380 e. The van der Waals surface area contributed by atoms with E-state index < -0.39 is 0 Å². The molecule has 0 saturated carbocycles. The van der Waals surface area contributed by atoms with Crippen LogP contribution in [0.5, 0.6) is 0 Å². The number of hydrogen-bond acceptors (Lipinski definition) is 3. The number of rotatable bonds is 4. The minimum absolute atomic E-state index is 0.226. The number of hydrogen-bond donors (Lipinski definition) is 1. The van der Waals surface area contributed by atoms with Crippen molar-refractivity contribution in [3.8, 4) is 0 Å². The SMILES string of the molecule is O=C1CCCN1c1ccc(NCc2cc(Br)c(Br)s2)cc1. The largest absolute Gasteiger partial charge is 0.380 e. The first-order valence-electron chi connectivity index (χ1n) is 6.71. The molecule has 3 rings (SSSR count). The van der Waals surface area contributed by atoms with Gasteiger partial charge in [0.05, 0.1) is 3.79 Å². The van der Waals surface area contributed by atoms with Crippen LogP contribution in [0.25, 0.3) is 0 Å². The Morgan fingerprint density at radius 3 is 2.57 bits per heavy atom. The number of anilines is 2. The lowest BCUT2D eigenvalue weighted by atomic mass is 10.2. The summed E-state index contributed by atoms with van der Waals surface area (Å²) < 4.78 is 2.20. The van der Waals surface area contributed by atoms with E-state index in [9.17, 15) is 4.79 Å². The number of amides is 1. The lowest BCUT2D eigenvalue weighted by Gasteiger charge is -2.16. The summed E-state index contributed by atoms with van der Waals surface area (Å²) in [5.74, 6) is 0.226. The summed E-state index contributed by atoms with van der Waals surface area (Å²) in [6, 6.07) is 10.2. The Bertz CT molecular complexity index is 635. The first-order valence-corrected chi connectivity index (χ1v) is 9.12. The molecule has 21 heavy (non-hydrogen) atoms. The Morgan fingerprint density at radius 2 is 2.00 bits per heavy atom. The average molecular weight is 430 g/mol. The van der Waals surface area contributed by atoms with Gasteiger partial charge in [0.15, 0.2) is 0 Å². The molecule has 2 heterocycles. The Balaban J connectivity index is 1.63. The number of carbonyl (C=O) groups is 1. The van der Waals surface area contributed by atoms with Crippen LogP contribution >= 0.6 is 43.2 Å². The third-order valence-corrected chi connectivity index (χ3v) is 6.67. The highest BCUT2D eigenvalue weighted by Crippen LogP contribution is 2.32. The summed E-state index contributed by atoms with van der Waals surface area (Å²) in [7, 11) is 0. The number of carbonyl (C=O) groups excluding carboxylic acids is 1. The van der Waals surface area contributed by atoms with E-state index >= 15 is 0 Å². The zero-order valence-corrected chi connectivity index (χ0v) is 15.2. The molecule has 0 aliphatic carbocycles. The van der Waals surface area contributed by atoms with E-state index in [1.54, 1.807) is 11.3 Å². The molecule has 1 aliphatic rings. The Morgan fingerprint density at radius 1 is 1.24 bits per heavy atom. The molecular weight excluding hydrogens is 416 g/mol. The second-order valence-electron chi connectivity index (χ2n) is 4.88. The number of halogens is 2. The van der Waals surface area contributed by atoms with E-state index in [1.807, 2.05) is 29.2 Å². The summed E-state index contributed by atoms with van der Waals surface area (Å²) >= 11 is 8.71. The topological polar surface area (TPSA) is 32.3 Å². The van der Waals surface area contributed by atoms with Crippen LogP contribution in [-0.2, 0) is 11.3 Å². The summed E-state index contributed by atoms with van der Waals surface area (Å²) in [5.41, 5.74) is 2.05. The third-order valence-electron chi connectivity index (χ3n) is 3.42. The highest BCUT2D eigenvalue weighted by atomic mass is 79.9. The van der Waals surface area contributed by atoms with Crippen LogP contribution in [0.1, 0.15) is 17.7 Å². The van der Waals surface area contributed by atoms with Crippen LogP contribution in [0.15, 0.2) is 38.6 Å². The van der Waals surface area contributed by atoms with Crippen molar-refractivity contribution in [3.05, 3.63) is 43.5 Å². The molecule has 110 valence electrons. The molecule has 0 spiro atoms. The average Bonchev–Trinajstić information content (AvgIpc) is 3.04. The predicted molar refractivity (Wildman–Crippen MR) is 95.1 cm³/mol. The summed E-state index contributed by atoms with van der Waals surface area (Å²) in [5, 5.41) is 3.40. The fraction of sp³-hybridized carbons (Fsp3) is 0.267. The van der Waals surface area contributed by atoms with Gasteiger partial charge in [0.1, 0.15) is 0 Å². The van der Waals surface area contributed by atoms with Crippen molar-refractivity contribution < 1.29 is 4.79 Å². The summed E-state index contributed by atoms with van der Waals surface area (Å²) in [6.45, 7) is 1.62. The van der Waals surface area contributed by atoms with Crippen molar-refractivity contribution >= 4 is 60.5 Å². The van der Waals surface area contributed by atoms with Gasteiger partial charge in [-0.05, 0) is 68.6 Å². The quantitative estimate of drug-likeness (QED) is 0.740. The van der Waals surface area contributed by atoms with Gasteiger partial charge < -0.3 is 10.2 Å². The minimum atomic E-state index is 0.226. The number of benzene rings is 1. The van der Waals surface area contributed by atoms with E-state index in [-0.39, 0.29) is 5.91 Å². The van der Waals surface area contributed by atoms with E-state index in [4.69, 9.17) is 0 Å². The van der Waals surface area contributed by atoms with E-state index in [0.717, 1.165) is 39.1 Å². The first kappa shape index (κ1) is 15.1. The molecule has 1 fully saturated rings. The van der Waals surface area contributed by atoms with Crippen LogP contribution < -0.4 is 10.2 Å². The maximum absolute atomic E-state index is 11.7. The van der Waals surface area contributed by atoms with Crippen molar-refractivity contribution in [3.63, 3.8) is 0 Å². The second-order valence-corrected chi connectivity index (χ2v) is 8.19. The van der Waals surface area contributed by atoms with Crippen LogP contribution in [0.4, 0.5) is 11.4 Å². The molecule has 0 unspecified atom stereocenters. The number of nitrogens with zero attached hydrogens (tertiary/aromatic N) is 1. The molecule has 2 aromatic rings. The zero-order chi connectivity index (χ0) is 14.8. The molecule has 3 nitrogen and oxygen atoms in total. The Hall–Kier alpha value is -0.850. The van der Waals surface area contributed by atoms with Gasteiger partial charge in [0, 0.05) is 40.2 Å². The third kappa shape index (κ3) is 3.49. The standard InChI is InChI=1S/C15H14Br2N2OS/c16-13-8-12(21-15(13)17)9-18-10-3-5-11(6-4-10)19-7-1-2-14(19)20/h3-6,8,18H,1-2,7,9H2. The van der Waals surface area contributed by atoms with Crippen molar-refractivity contribution in [1.29, 1.82) is 0 Å². The molecule has 1 saturated heterocycles. The molecule has 1 aliphatic heterocycles. The van der Waals surface area contributed by atoms with Crippen LogP contribution in [-0.4, -0.2) is 12.5 Å². The number of thiophene rings is 1. The maximum atomic E-state index is 11.7. The van der Waals surface area contributed by atoms with Gasteiger partial charge in [-0.2, -0.15) is 0 Å². The highest BCUT2D eigenvalue weighted by molar-refractivity contribution is 9.13. The molecule has 0 atom stereocenters. The lowest BCUT2D eigenvalue weighted by Crippen LogP contribution is -2.23. The highest BCUT2D eigenvalue weighted by Gasteiger charge is 2.21. The van der Waals surface area contributed by atoms with Crippen molar-refractivity contribution in [2.45, 2.75) is 19.4 Å². The molecule has 6 heteroatoms. The molecule has 0 bridgehead atoms. The van der Waals surface area contributed by atoms with E-state index in [0.29, 0.717) is 6.42 Å². The fourth-order valence-electron chi connectivity index (χ4n) is 2.35. The van der Waals surface area contributed by atoms with Gasteiger partial charge in [-0.25, -0.2) is 0 Å². The van der Waals surface area contributed by atoms with Crippen LogP contribution in [0.3, 0.4) is 0 Å². The predicted octanol–water partition coefficient (Wildman–Crippen LogP) is 5.01. The van der Waals surface area contributed by atoms with Crippen molar-refractivity contribution in [2.75, 3.05) is 16.8 Å². The first-order chi connectivity index (χ1) is 10.1. The molecule has 1 amide bonds. The summed E-state index contributed by atoms with van der Waals surface area (Å²) in [6.07, 6.45) is 1.63. The summed E-state index contributed by atoms with van der Waals surface area (Å²) in [4.78, 5) is 14.8. The van der Waals surface area contributed by atoms with Gasteiger partial charge in [-0.15, -0.1) is 11.3 Å². The van der Waals surface area contributed by atoms with Gasteiger partial charge in [-0.1, -0.05) is 0 Å². The molecular formula is C15H14Br2N2OS. The van der Waals surface area contributed by atoms with E-state index in [1.165, 1.54) is 4.88 Å². The van der Waals surface area contributed by atoms with Crippen LogP contribution in [0.2, 0.25) is 0 Å². The lowest BCUT2D eigenvalue weighted by molar-refractivity contribution is -0.117. The monoisotopic (exact) mass is 428 g/mol. The Kier molecular flexibility index (Phi) is 4.66. The number of nitrogens with one attached hydrogen (secondary N) is 1. The van der Waals surface area contributed by atoms with E-state index in [2.05, 4.69) is 43.2 Å². The molecule has 1 aromatic carbocycles. The normalized spacial score (nSPS) is 14.8. The zero-order valence-electron chi connectivity index (χ0n) is 11.2. The second kappa shape index (κ2) is 6.50. The van der Waals surface area contributed by atoms with Gasteiger partial charge in [0.2, 0.25) is 5.91 Å². The Labute approximate surface area is 144 Å². The molecule has 1 aromatic heterocycles. The van der Waals surface area contributed by atoms with Gasteiger partial charge >= 0.3 is 0 Å². The van der Waals surface area contributed by atoms with Crippen molar-refractivity contribution in [2.24, 2.45) is 0 Å². The van der Waals surface area contributed by atoms with Crippen molar-refractivity contribution in [1.82, 2.24) is 0 Å². The van der Waals surface area contributed by atoms with Crippen LogP contribution in [0, 0.1) is 0 Å².